The van der Waals surface area contributed by atoms with Crippen molar-refractivity contribution in [1.29, 1.82) is 0 Å². The van der Waals surface area contributed by atoms with Crippen molar-refractivity contribution in [3.8, 4) is 5.75 Å². The molecule has 1 aromatic heterocycles. The number of hydrogen-bond acceptors (Lipinski definition) is 2. The number of halogens is 2. The topological polar surface area (TPSA) is 42.1 Å². The summed E-state index contributed by atoms with van der Waals surface area (Å²) in [6, 6.07) is 6.36. The number of alkyl halides is 2. The lowest BCUT2D eigenvalue weighted by Gasteiger charge is -2.20. The Balaban J connectivity index is 1.41. The molecular formula is C22H27F2NO2. The minimum absolute atomic E-state index is 0.271. The Morgan fingerprint density at radius 2 is 2.04 bits per heavy atom. The fraction of sp³-hybridized carbons (Fsp3) is 0.591. The molecule has 4 rings (SSSR count). The lowest BCUT2D eigenvalue weighted by molar-refractivity contribution is -0.0173. The molecule has 5 heteroatoms. The van der Waals surface area contributed by atoms with Crippen LogP contribution < -0.4 is 10.3 Å². The third-order valence-electron chi connectivity index (χ3n) is 6.66. The van der Waals surface area contributed by atoms with Gasteiger partial charge in [0.05, 0.1) is 18.2 Å². The zero-order chi connectivity index (χ0) is 19.2. The lowest BCUT2D eigenvalue weighted by atomic mass is 9.87. The molecule has 0 aliphatic heterocycles. The number of H-pyrrole nitrogens is 1. The molecule has 0 bridgehead atoms. The van der Waals surface area contributed by atoms with E-state index in [1.54, 1.807) is 18.2 Å². The van der Waals surface area contributed by atoms with E-state index in [1.807, 2.05) is 0 Å². The fourth-order valence-electron chi connectivity index (χ4n) is 5.08. The monoisotopic (exact) mass is 375 g/mol. The summed E-state index contributed by atoms with van der Waals surface area (Å²) in [6.07, 6.45) is 4.72. The molecule has 2 aliphatic rings. The van der Waals surface area contributed by atoms with Gasteiger partial charge in [0.15, 0.2) is 0 Å². The molecule has 1 aromatic carbocycles. The molecule has 0 amide bonds. The van der Waals surface area contributed by atoms with Crippen LogP contribution in [0.25, 0.3) is 10.9 Å². The third-order valence-corrected chi connectivity index (χ3v) is 6.66. The number of aromatic nitrogens is 1. The van der Waals surface area contributed by atoms with Gasteiger partial charge >= 0.3 is 0 Å². The van der Waals surface area contributed by atoms with Crippen molar-refractivity contribution in [2.75, 3.05) is 7.11 Å². The summed E-state index contributed by atoms with van der Waals surface area (Å²) in [4.78, 5) is 14.8. The first-order valence-electron chi connectivity index (χ1n) is 9.98. The quantitative estimate of drug-likeness (QED) is 0.651. The van der Waals surface area contributed by atoms with Crippen LogP contribution in [0.3, 0.4) is 0 Å². The normalized spacial score (nSPS) is 27.0. The number of unbranched alkanes of at least 4 members (excludes halogenated alkanes) is 1. The summed E-state index contributed by atoms with van der Waals surface area (Å²) in [6.45, 7) is 2.30. The van der Waals surface area contributed by atoms with E-state index < -0.39 is 17.0 Å². The average Bonchev–Trinajstić information content (AvgIpc) is 3.31. The van der Waals surface area contributed by atoms with Crippen LogP contribution in [-0.4, -0.2) is 12.1 Å². The number of aromatic amines is 1. The van der Waals surface area contributed by atoms with Crippen molar-refractivity contribution < 1.29 is 13.5 Å². The molecule has 1 heterocycles. The molecule has 2 aliphatic carbocycles. The largest absolute Gasteiger partial charge is 0.497 e. The Kier molecular flexibility index (Phi) is 4.73. The maximum Gasteiger partial charge on any atom is 0.278 e. The SMILES string of the molecule is COc1ccc2cc(C(F)(F)CCCCC3C(C)CC4CC43)c(=O)[nH]c2c1. The summed E-state index contributed by atoms with van der Waals surface area (Å²) < 4.78 is 34.5. The molecular weight excluding hydrogens is 348 g/mol. The van der Waals surface area contributed by atoms with E-state index in [0.29, 0.717) is 23.1 Å². The Bertz CT molecular complexity index is 890. The third kappa shape index (κ3) is 3.61. The standard InChI is InChI=1S/C22H27F2NO2/c1-13-9-15-10-18(15)17(13)5-3-4-8-22(23,24)19-11-14-6-7-16(27-2)12-20(14)25-21(19)26/h6-7,11-13,15,17-18H,3-5,8-10H2,1-2H3,(H,25,26). The van der Waals surface area contributed by atoms with Gasteiger partial charge in [-0.15, -0.1) is 0 Å². The Morgan fingerprint density at radius 3 is 2.74 bits per heavy atom. The number of methoxy groups -OCH3 is 1. The number of fused-ring (bicyclic) bond motifs is 2. The number of nitrogens with one attached hydrogen (secondary N) is 1. The molecule has 2 saturated carbocycles. The van der Waals surface area contributed by atoms with E-state index in [1.165, 1.54) is 26.0 Å². The van der Waals surface area contributed by atoms with Gasteiger partial charge in [0.25, 0.3) is 11.5 Å². The highest BCUT2D eigenvalue weighted by Crippen LogP contribution is 2.59. The molecule has 2 aromatic rings. The molecule has 27 heavy (non-hydrogen) atoms. The first kappa shape index (κ1) is 18.5. The molecule has 0 saturated heterocycles. The second-order valence-electron chi connectivity index (χ2n) is 8.45. The van der Waals surface area contributed by atoms with Crippen molar-refractivity contribution in [2.45, 2.75) is 51.4 Å². The van der Waals surface area contributed by atoms with Crippen LogP contribution in [0.4, 0.5) is 8.78 Å². The van der Waals surface area contributed by atoms with Gasteiger partial charge in [-0.05, 0) is 72.9 Å². The Morgan fingerprint density at radius 1 is 1.22 bits per heavy atom. The Hall–Kier alpha value is -1.91. The zero-order valence-corrected chi connectivity index (χ0v) is 15.9. The maximum absolute atomic E-state index is 14.7. The Labute approximate surface area is 158 Å². The first-order valence-corrected chi connectivity index (χ1v) is 9.98. The van der Waals surface area contributed by atoms with Gasteiger partial charge in [0.1, 0.15) is 5.75 Å². The van der Waals surface area contributed by atoms with Crippen LogP contribution in [-0.2, 0) is 5.92 Å². The first-order chi connectivity index (χ1) is 12.9. The average molecular weight is 375 g/mol. The highest BCUT2D eigenvalue weighted by molar-refractivity contribution is 5.80. The number of rotatable bonds is 7. The van der Waals surface area contributed by atoms with E-state index in [4.69, 9.17) is 4.74 Å². The van der Waals surface area contributed by atoms with Crippen molar-refractivity contribution in [2.24, 2.45) is 23.7 Å². The second-order valence-corrected chi connectivity index (χ2v) is 8.45. The van der Waals surface area contributed by atoms with Crippen molar-refractivity contribution in [1.82, 2.24) is 4.98 Å². The summed E-state index contributed by atoms with van der Waals surface area (Å²) in [7, 11) is 1.53. The van der Waals surface area contributed by atoms with Crippen LogP contribution in [0.5, 0.6) is 5.75 Å². The number of ether oxygens (including phenoxy) is 1. The number of benzene rings is 1. The van der Waals surface area contributed by atoms with Gasteiger partial charge in [-0.2, -0.15) is 0 Å². The van der Waals surface area contributed by atoms with Crippen LogP contribution in [0.1, 0.15) is 51.0 Å². The predicted molar refractivity (Wildman–Crippen MR) is 102 cm³/mol. The zero-order valence-electron chi connectivity index (χ0n) is 15.9. The van der Waals surface area contributed by atoms with E-state index in [9.17, 15) is 13.6 Å². The maximum atomic E-state index is 14.7. The van der Waals surface area contributed by atoms with Gasteiger partial charge in [0, 0.05) is 12.5 Å². The van der Waals surface area contributed by atoms with Crippen molar-refractivity contribution >= 4 is 10.9 Å². The number of pyridine rings is 1. The van der Waals surface area contributed by atoms with Crippen LogP contribution in [0.2, 0.25) is 0 Å². The van der Waals surface area contributed by atoms with Crippen LogP contribution in [0, 0.1) is 23.7 Å². The molecule has 0 spiro atoms. The molecule has 146 valence electrons. The van der Waals surface area contributed by atoms with E-state index in [0.717, 1.165) is 36.5 Å². The van der Waals surface area contributed by atoms with E-state index in [2.05, 4.69) is 11.9 Å². The van der Waals surface area contributed by atoms with Gasteiger partial charge in [-0.25, -0.2) is 8.78 Å². The smallest absolute Gasteiger partial charge is 0.278 e. The highest BCUT2D eigenvalue weighted by atomic mass is 19.3. The minimum Gasteiger partial charge on any atom is -0.497 e. The van der Waals surface area contributed by atoms with E-state index in [-0.39, 0.29) is 6.42 Å². The molecule has 1 N–H and O–H groups in total. The van der Waals surface area contributed by atoms with Gasteiger partial charge in [0.2, 0.25) is 0 Å². The molecule has 4 unspecified atom stereocenters. The molecule has 2 fully saturated rings. The van der Waals surface area contributed by atoms with E-state index >= 15 is 0 Å². The van der Waals surface area contributed by atoms with Crippen molar-refractivity contribution in [3.63, 3.8) is 0 Å². The summed E-state index contributed by atoms with van der Waals surface area (Å²) in [5.41, 5.74) is -0.643. The molecule has 0 radical (unpaired) electrons. The van der Waals surface area contributed by atoms with Gasteiger partial charge < -0.3 is 9.72 Å². The minimum atomic E-state index is -3.11. The summed E-state index contributed by atoms with van der Waals surface area (Å²) in [5, 5.41) is 0.588. The lowest BCUT2D eigenvalue weighted by Crippen LogP contribution is -2.25. The van der Waals surface area contributed by atoms with Crippen molar-refractivity contribution in [3.05, 3.63) is 40.2 Å². The summed E-state index contributed by atoms with van der Waals surface area (Å²) in [5.74, 6) is 0.724. The molecule has 4 atom stereocenters. The van der Waals surface area contributed by atoms with Gasteiger partial charge in [-0.1, -0.05) is 13.3 Å². The van der Waals surface area contributed by atoms with Gasteiger partial charge in [-0.3, -0.25) is 4.79 Å². The summed E-state index contributed by atoms with van der Waals surface area (Å²) >= 11 is 0. The second kappa shape index (κ2) is 6.92. The van der Waals surface area contributed by atoms with Crippen LogP contribution in [0.15, 0.2) is 29.1 Å². The number of hydrogen-bond donors (Lipinski definition) is 1. The van der Waals surface area contributed by atoms with Crippen LogP contribution >= 0.6 is 0 Å². The fourth-order valence-corrected chi connectivity index (χ4v) is 5.08. The highest BCUT2D eigenvalue weighted by Gasteiger charge is 2.50. The predicted octanol–water partition coefficient (Wildman–Crippen LogP) is 5.48. The molecule has 3 nitrogen and oxygen atoms in total.